The van der Waals surface area contributed by atoms with E-state index in [0.29, 0.717) is 12.5 Å². The number of ether oxygens (including phenoxy) is 1. The molecule has 1 atom stereocenters. The van der Waals surface area contributed by atoms with Crippen LogP contribution >= 0.6 is 11.6 Å². The molecular weight excluding hydrogens is 557 g/mol. The van der Waals surface area contributed by atoms with Crippen LogP contribution in [-0.4, -0.2) is 55.2 Å². The Labute approximate surface area is 174 Å². The summed E-state index contributed by atoms with van der Waals surface area (Å²) in [5.74, 6) is 0.737. The zero-order valence-corrected chi connectivity index (χ0v) is 24.5. The van der Waals surface area contributed by atoms with Gasteiger partial charge in [-0.05, 0) is 0 Å². The summed E-state index contributed by atoms with van der Waals surface area (Å²) in [5, 5.41) is 0. The molecule has 0 N–H and O–H groups in total. The predicted octanol–water partition coefficient (Wildman–Crippen LogP) is 6.74. The van der Waals surface area contributed by atoms with Gasteiger partial charge in [-0.2, -0.15) is 0 Å². The Morgan fingerprint density at radius 2 is 1.92 bits per heavy atom. The van der Waals surface area contributed by atoms with Crippen LogP contribution in [0.1, 0.15) is 45.4 Å². The van der Waals surface area contributed by atoms with Gasteiger partial charge in [0.05, 0.1) is 0 Å². The molecule has 0 aliphatic heterocycles. The van der Waals surface area contributed by atoms with Gasteiger partial charge < -0.3 is 0 Å². The van der Waals surface area contributed by atoms with Crippen LogP contribution in [-0.2, 0) is 9.53 Å². The van der Waals surface area contributed by atoms with Gasteiger partial charge in [0.15, 0.2) is 0 Å². The van der Waals surface area contributed by atoms with E-state index in [1.807, 2.05) is 6.92 Å². The van der Waals surface area contributed by atoms with Gasteiger partial charge in [-0.25, -0.2) is 0 Å². The third kappa shape index (κ3) is 6.72. The van der Waals surface area contributed by atoms with Crippen molar-refractivity contribution in [1.29, 1.82) is 0 Å². The number of hydrogen-bond donors (Lipinski definition) is 0. The van der Waals surface area contributed by atoms with Crippen LogP contribution in [0, 0.1) is 5.41 Å². The number of alkyl halides is 1. The van der Waals surface area contributed by atoms with E-state index in [0.717, 1.165) is 38.5 Å². The van der Waals surface area contributed by atoms with E-state index in [-0.39, 0.29) is 5.97 Å². The Hall–Kier alpha value is 0.837. The molecule has 0 saturated heterocycles. The van der Waals surface area contributed by atoms with Crippen LogP contribution in [0.2, 0.25) is 29.6 Å². The number of halogens is 1. The van der Waals surface area contributed by atoms with Gasteiger partial charge in [0.25, 0.3) is 0 Å². The summed E-state index contributed by atoms with van der Waals surface area (Å²) < 4.78 is 8.73. The molecule has 0 aromatic heterocycles. The quantitative estimate of drug-likeness (QED) is 0.168. The minimum absolute atomic E-state index is 0.0228. The number of carbonyl (C=O) groups excluding carboxylic acids is 1. The van der Waals surface area contributed by atoms with E-state index in [9.17, 15) is 4.79 Å². The molecule has 150 valence electrons. The fourth-order valence-corrected chi connectivity index (χ4v) is 16.1. The summed E-state index contributed by atoms with van der Waals surface area (Å²) in [7, 11) is 0. The van der Waals surface area contributed by atoms with Gasteiger partial charge >= 0.3 is 176 Å². The molecule has 0 aromatic rings. The Bertz CT molecular complexity index is 541. The minimum atomic E-state index is -2.41. The molecular formula is C21H39ClO2Sn2. The second-order valence-electron chi connectivity index (χ2n) is 9.54. The first kappa shape index (κ1) is 24.9. The van der Waals surface area contributed by atoms with Crippen LogP contribution < -0.4 is 0 Å². The van der Waals surface area contributed by atoms with Crippen LogP contribution in [0.5, 0.6) is 0 Å². The molecule has 0 bridgehead atoms. The maximum atomic E-state index is 13.2. The first-order valence-corrected chi connectivity index (χ1v) is 30.6. The fraction of sp³-hybridized carbons (Fsp3) is 0.762. The molecule has 0 aromatic carbocycles. The Kier molecular flexibility index (Phi) is 10.1. The van der Waals surface area contributed by atoms with E-state index in [1.54, 1.807) is 3.59 Å². The summed E-state index contributed by atoms with van der Waals surface area (Å²) in [6, 6.07) is 0. The summed E-state index contributed by atoms with van der Waals surface area (Å²) in [5.41, 5.74) is -0.397. The molecule has 1 aliphatic rings. The van der Waals surface area contributed by atoms with Crippen molar-refractivity contribution >= 4 is 54.3 Å². The van der Waals surface area contributed by atoms with Crippen LogP contribution in [0.15, 0.2) is 19.3 Å². The van der Waals surface area contributed by atoms with Crippen molar-refractivity contribution < 1.29 is 9.53 Å². The van der Waals surface area contributed by atoms with Crippen molar-refractivity contribution in [3.8, 4) is 0 Å². The second-order valence-corrected chi connectivity index (χ2v) is 39.0. The molecule has 0 fully saturated rings. The fourth-order valence-electron chi connectivity index (χ4n) is 4.12. The number of carbonyl (C=O) groups is 1. The normalized spacial score (nSPS) is 22.2. The predicted molar refractivity (Wildman–Crippen MR) is 120 cm³/mol. The monoisotopic (exact) mass is 598 g/mol. The summed E-state index contributed by atoms with van der Waals surface area (Å²) in [6.07, 6.45) is 11.0. The average Bonchev–Trinajstić information content (AvgIpc) is 2.53. The number of hydrogen-bond acceptors (Lipinski definition) is 2. The van der Waals surface area contributed by atoms with E-state index in [2.05, 4.69) is 41.8 Å². The third-order valence-corrected chi connectivity index (χ3v) is 19.0. The number of esters is 1. The molecule has 0 spiro atoms. The summed E-state index contributed by atoms with van der Waals surface area (Å²) in [6.45, 7) is 2.39. The second kappa shape index (κ2) is 10.6. The molecule has 0 amide bonds. The standard InChI is InChI=1S/C15H21ClO2.6CH3.2Sn/c1-2-18-14(17)15(11-7-5-8-12-15)10-6-3-4-9-13-16;;;;;;;;/h6-7H,2,4-5,8-10,12-13H2,1H3;6*1H3;;. The van der Waals surface area contributed by atoms with Crippen LogP contribution in [0.4, 0.5) is 0 Å². The van der Waals surface area contributed by atoms with Gasteiger partial charge in [0, 0.05) is 0 Å². The van der Waals surface area contributed by atoms with E-state index >= 15 is 0 Å². The first-order valence-electron chi connectivity index (χ1n) is 10.1. The zero-order chi connectivity index (χ0) is 20.0. The molecule has 0 radical (unpaired) electrons. The number of allylic oxidation sites excluding steroid dienone is 3. The molecule has 26 heavy (non-hydrogen) atoms. The van der Waals surface area contributed by atoms with Gasteiger partial charge in [-0.3, -0.25) is 0 Å². The molecule has 1 unspecified atom stereocenters. The van der Waals surface area contributed by atoms with Crippen molar-refractivity contribution in [1.82, 2.24) is 0 Å². The zero-order valence-electron chi connectivity index (χ0n) is 18.0. The van der Waals surface area contributed by atoms with Gasteiger partial charge in [0.1, 0.15) is 0 Å². The van der Waals surface area contributed by atoms with Gasteiger partial charge in [-0.1, -0.05) is 0 Å². The van der Waals surface area contributed by atoms with E-state index in [4.69, 9.17) is 16.3 Å². The van der Waals surface area contributed by atoms with Crippen LogP contribution in [0.3, 0.4) is 0 Å². The Balaban J connectivity index is 3.34. The number of rotatable bonds is 9. The van der Waals surface area contributed by atoms with E-state index in [1.165, 1.54) is 3.59 Å². The van der Waals surface area contributed by atoms with Crippen molar-refractivity contribution in [2.24, 2.45) is 5.41 Å². The van der Waals surface area contributed by atoms with Gasteiger partial charge in [0.2, 0.25) is 0 Å². The summed E-state index contributed by atoms with van der Waals surface area (Å²) >= 11 is 1.37. The SMILES string of the molecule is CCOC(=O)C1(C/C=[C](\CCCCl)[Sn]([CH3])([CH3])[CH3])CCCC=[C]1[Sn]([CH3])([CH3])[CH3]. The van der Waals surface area contributed by atoms with Crippen molar-refractivity contribution in [3.05, 3.63) is 19.3 Å². The summed E-state index contributed by atoms with van der Waals surface area (Å²) in [4.78, 5) is 27.9. The molecule has 0 saturated carbocycles. The van der Waals surface area contributed by atoms with Crippen molar-refractivity contribution in [2.75, 3.05) is 12.5 Å². The average molecular weight is 596 g/mol. The Morgan fingerprint density at radius 3 is 2.42 bits per heavy atom. The first-order chi connectivity index (χ1) is 12.0. The molecule has 2 nitrogen and oxygen atoms in total. The molecule has 0 heterocycles. The van der Waals surface area contributed by atoms with Crippen LogP contribution in [0.25, 0.3) is 0 Å². The molecule has 5 heteroatoms. The molecule has 1 rings (SSSR count). The maximum absolute atomic E-state index is 13.2. The third-order valence-electron chi connectivity index (χ3n) is 5.39. The Morgan fingerprint density at radius 1 is 1.27 bits per heavy atom. The van der Waals surface area contributed by atoms with Crippen molar-refractivity contribution in [3.63, 3.8) is 0 Å². The van der Waals surface area contributed by atoms with E-state index < -0.39 is 42.2 Å². The topological polar surface area (TPSA) is 26.3 Å². The van der Waals surface area contributed by atoms with Crippen molar-refractivity contribution in [2.45, 2.75) is 75.1 Å². The molecule has 1 aliphatic carbocycles. The van der Waals surface area contributed by atoms with Gasteiger partial charge in [-0.15, -0.1) is 0 Å².